The van der Waals surface area contributed by atoms with Crippen LogP contribution in [-0.4, -0.2) is 5.11 Å². The van der Waals surface area contributed by atoms with Gasteiger partial charge in [-0.2, -0.15) is 0 Å². The second kappa shape index (κ2) is 4.10. The molecule has 0 saturated carbocycles. The van der Waals surface area contributed by atoms with Crippen LogP contribution in [0.4, 0.5) is 0 Å². The molecule has 0 aliphatic heterocycles. The molecule has 0 aliphatic rings. The molecule has 1 atom stereocenters. The number of phenolic OH excluding ortho intramolecular Hbond substituents is 1. The van der Waals surface area contributed by atoms with Crippen LogP contribution in [0, 0.1) is 0 Å². The molecule has 0 heterocycles. The second-order valence-corrected chi connectivity index (χ2v) is 3.01. The maximum Gasteiger partial charge on any atom is 0.120 e. The molecule has 2 heteroatoms. The first-order chi connectivity index (χ1) is 6.19. The maximum absolute atomic E-state index is 9.60. The minimum atomic E-state index is -0.286. The number of benzene rings is 1. The van der Waals surface area contributed by atoms with Gasteiger partial charge in [-0.25, -0.2) is 0 Å². The summed E-state index contributed by atoms with van der Waals surface area (Å²) in [6.45, 7) is 5.63. The van der Waals surface area contributed by atoms with E-state index in [2.05, 4.69) is 6.58 Å². The molecule has 0 bridgehead atoms. The number of hydrogen-bond donors (Lipinski definition) is 2. The molecule has 2 nitrogen and oxygen atoms in total. The third-order valence-corrected chi connectivity index (χ3v) is 2.12. The Hall–Kier alpha value is -1.28. The van der Waals surface area contributed by atoms with E-state index in [1.807, 2.05) is 19.1 Å². The topological polar surface area (TPSA) is 46.2 Å². The van der Waals surface area contributed by atoms with Gasteiger partial charge in [0.1, 0.15) is 5.75 Å². The lowest BCUT2D eigenvalue weighted by Crippen LogP contribution is -2.06. The fourth-order valence-corrected chi connectivity index (χ4v) is 1.22. The lowest BCUT2D eigenvalue weighted by atomic mass is 10.0. The normalized spacial score (nSPS) is 12.5. The molecule has 1 rings (SSSR count). The molecule has 13 heavy (non-hydrogen) atoms. The van der Waals surface area contributed by atoms with Gasteiger partial charge in [-0.1, -0.05) is 25.1 Å². The molecule has 1 aromatic rings. The van der Waals surface area contributed by atoms with Crippen LogP contribution in [0.2, 0.25) is 0 Å². The highest BCUT2D eigenvalue weighted by Gasteiger charge is 2.06. The average Bonchev–Trinajstić information content (AvgIpc) is 2.16. The van der Waals surface area contributed by atoms with Crippen LogP contribution in [0.3, 0.4) is 0 Å². The quantitative estimate of drug-likeness (QED) is 0.695. The second-order valence-electron chi connectivity index (χ2n) is 3.01. The smallest absolute Gasteiger partial charge is 0.120 e. The van der Waals surface area contributed by atoms with E-state index in [4.69, 9.17) is 5.73 Å². The summed E-state index contributed by atoms with van der Waals surface area (Å²) in [5, 5.41) is 9.60. The molecule has 0 spiro atoms. The van der Waals surface area contributed by atoms with Crippen molar-refractivity contribution in [1.82, 2.24) is 0 Å². The minimum Gasteiger partial charge on any atom is -0.508 e. The van der Waals surface area contributed by atoms with Gasteiger partial charge in [0.25, 0.3) is 0 Å². The first kappa shape index (κ1) is 9.81. The van der Waals surface area contributed by atoms with E-state index >= 15 is 0 Å². The van der Waals surface area contributed by atoms with Gasteiger partial charge in [-0.05, 0) is 18.1 Å². The molecular weight excluding hydrogens is 162 g/mol. The lowest BCUT2D eigenvalue weighted by Gasteiger charge is -2.09. The molecule has 0 aromatic heterocycles. The molecular formula is C11H15NO. The average molecular weight is 177 g/mol. The molecule has 0 saturated heterocycles. The first-order valence-corrected chi connectivity index (χ1v) is 4.39. The van der Waals surface area contributed by atoms with Gasteiger partial charge >= 0.3 is 0 Å². The highest BCUT2D eigenvalue weighted by molar-refractivity contribution is 5.39. The third-order valence-electron chi connectivity index (χ3n) is 2.12. The van der Waals surface area contributed by atoms with Crippen LogP contribution in [0.15, 0.2) is 30.9 Å². The van der Waals surface area contributed by atoms with Gasteiger partial charge in [-0.15, -0.1) is 6.58 Å². The van der Waals surface area contributed by atoms with Crippen LogP contribution in [0.1, 0.15) is 24.1 Å². The molecule has 70 valence electrons. The van der Waals surface area contributed by atoms with Crippen LogP contribution in [0.5, 0.6) is 5.75 Å². The van der Waals surface area contributed by atoms with Gasteiger partial charge < -0.3 is 10.8 Å². The van der Waals surface area contributed by atoms with Crippen molar-refractivity contribution in [2.75, 3.05) is 0 Å². The van der Waals surface area contributed by atoms with Gasteiger partial charge in [0, 0.05) is 5.56 Å². The largest absolute Gasteiger partial charge is 0.508 e. The Bertz CT molecular complexity index is 307. The van der Waals surface area contributed by atoms with Gasteiger partial charge in [-0.3, -0.25) is 0 Å². The van der Waals surface area contributed by atoms with Crippen LogP contribution >= 0.6 is 0 Å². The molecule has 3 N–H and O–H groups in total. The van der Waals surface area contributed by atoms with Crippen molar-refractivity contribution in [2.45, 2.75) is 19.4 Å². The van der Waals surface area contributed by atoms with Crippen molar-refractivity contribution < 1.29 is 5.11 Å². The van der Waals surface area contributed by atoms with E-state index in [0.29, 0.717) is 0 Å². The Morgan fingerprint density at radius 1 is 1.62 bits per heavy atom. The molecule has 0 radical (unpaired) electrons. The fraction of sp³-hybridized carbons (Fsp3) is 0.273. The summed E-state index contributed by atoms with van der Waals surface area (Å²) in [5.74, 6) is 0.256. The predicted molar refractivity (Wildman–Crippen MR) is 54.6 cm³/mol. The highest BCUT2D eigenvalue weighted by Crippen LogP contribution is 2.24. The van der Waals surface area contributed by atoms with Crippen LogP contribution in [0.25, 0.3) is 0 Å². The summed E-state index contributed by atoms with van der Waals surface area (Å²) in [4.78, 5) is 0. The summed E-state index contributed by atoms with van der Waals surface area (Å²) in [5.41, 5.74) is 7.55. The number of nitrogens with two attached hydrogens (primary N) is 1. The van der Waals surface area contributed by atoms with Crippen molar-refractivity contribution in [3.63, 3.8) is 0 Å². The van der Waals surface area contributed by atoms with Gasteiger partial charge in [0.05, 0.1) is 6.04 Å². The highest BCUT2D eigenvalue weighted by atomic mass is 16.3. The third kappa shape index (κ3) is 2.10. The number of aryl methyl sites for hydroxylation is 1. The fourth-order valence-electron chi connectivity index (χ4n) is 1.22. The summed E-state index contributed by atoms with van der Waals surface area (Å²) in [6.07, 6.45) is 2.53. The summed E-state index contributed by atoms with van der Waals surface area (Å²) >= 11 is 0. The van der Waals surface area contributed by atoms with E-state index < -0.39 is 0 Å². The Labute approximate surface area is 78.7 Å². The Kier molecular flexibility index (Phi) is 3.09. The zero-order valence-corrected chi connectivity index (χ0v) is 7.83. The van der Waals surface area contributed by atoms with Crippen molar-refractivity contribution in [2.24, 2.45) is 5.73 Å². The maximum atomic E-state index is 9.60. The zero-order chi connectivity index (χ0) is 9.84. The zero-order valence-electron chi connectivity index (χ0n) is 7.83. The Morgan fingerprint density at radius 3 is 2.77 bits per heavy atom. The van der Waals surface area contributed by atoms with E-state index in [9.17, 15) is 5.11 Å². The van der Waals surface area contributed by atoms with E-state index in [1.165, 1.54) is 0 Å². The standard InChI is InChI=1S/C11H15NO/c1-3-8-5-6-9(10(12)4-2)11(13)7-8/h4-7,10,13H,2-3,12H2,1H3/t10-/m0/s1. The molecule has 0 fully saturated rings. The number of rotatable bonds is 3. The number of hydrogen-bond acceptors (Lipinski definition) is 2. The number of phenols is 1. The van der Waals surface area contributed by atoms with Crippen LogP contribution in [-0.2, 0) is 6.42 Å². The van der Waals surface area contributed by atoms with E-state index in [0.717, 1.165) is 17.5 Å². The first-order valence-electron chi connectivity index (χ1n) is 4.39. The molecule has 0 aliphatic carbocycles. The summed E-state index contributed by atoms with van der Waals surface area (Å²) in [6, 6.07) is 5.28. The predicted octanol–water partition coefficient (Wildman–Crippen LogP) is 2.14. The SMILES string of the molecule is C=C[C@H](N)c1ccc(CC)cc1O. The van der Waals surface area contributed by atoms with Crippen molar-refractivity contribution >= 4 is 0 Å². The van der Waals surface area contributed by atoms with Crippen LogP contribution < -0.4 is 5.73 Å². The Balaban J connectivity index is 3.04. The van der Waals surface area contributed by atoms with Crippen molar-refractivity contribution in [3.8, 4) is 5.75 Å². The van der Waals surface area contributed by atoms with Gasteiger partial charge in [0.2, 0.25) is 0 Å². The van der Waals surface area contributed by atoms with Crippen molar-refractivity contribution in [3.05, 3.63) is 42.0 Å². The Morgan fingerprint density at radius 2 is 2.31 bits per heavy atom. The molecule has 0 unspecified atom stereocenters. The van der Waals surface area contributed by atoms with Crippen molar-refractivity contribution in [1.29, 1.82) is 0 Å². The molecule has 0 amide bonds. The molecule has 1 aromatic carbocycles. The van der Waals surface area contributed by atoms with E-state index in [-0.39, 0.29) is 11.8 Å². The minimum absolute atomic E-state index is 0.256. The van der Waals surface area contributed by atoms with E-state index in [1.54, 1.807) is 12.1 Å². The lowest BCUT2D eigenvalue weighted by molar-refractivity contribution is 0.465. The number of aromatic hydroxyl groups is 1. The van der Waals surface area contributed by atoms with Gasteiger partial charge in [0.15, 0.2) is 0 Å². The summed E-state index contributed by atoms with van der Waals surface area (Å²) in [7, 11) is 0. The summed E-state index contributed by atoms with van der Waals surface area (Å²) < 4.78 is 0. The monoisotopic (exact) mass is 177 g/mol.